The summed E-state index contributed by atoms with van der Waals surface area (Å²) in [4.78, 5) is 0. The summed E-state index contributed by atoms with van der Waals surface area (Å²) < 4.78 is 29.0. The SMILES string of the molecule is CCNC(Cc1c(F)cccc1F)c1cnnn1C. The van der Waals surface area contributed by atoms with Gasteiger partial charge in [-0.3, -0.25) is 4.68 Å². The number of nitrogens with zero attached hydrogens (tertiary/aromatic N) is 3. The minimum absolute atomic E-state index is 0.0784. The lowest BCUT2D eigenvalue weighted by molar-refractivity contribution is 0.476. The molecular weight excluding hydrogens is 250 g/mol. The highest BCUT2D eigenvalue weighted by atomic mass is 19.1. The average molecular weight is 266 g/mol. The Morgan fingerprint density at radius 2 is 2.00 bits per heavy atom. The molecule has 102 valence electrons. The Balaban J connectivity index is 2.29. The van der Waals surface area contributed by atoms with Crippen molar-refractivity contribution in [2.75, 3.05) is 6.54 Å². The Morgan fingerprint density at radius 3 is 2.53 bits per heavy atom. The second kappa shape index (κ2) is 5.88. The molecular formula is C13H16F2N4. The number of aryl methyl sites for hydroxylation is 1. The van der Waals surface area contributed by atoms with Crippen LogP contribution in [-0.2, 0) is 13.5 Å². The third-order valence-corrected chi connectivity index (χ3v) is 3.03. The van der Waals surface area contributed by atoms with Crippen molar-refractivity contribution in [3.63, 3.8) is 0 Å². The number of likely N-dealkylation sites (N-methyl/N-ethyl adjacent to an activating group) is 1. The van der Waals surface area contributed by atoms with Crippen LogP contribution in [0.1, 0.15) is 24.2 Å². The summed E-state index contributed by atoms with van der Waals surface area (Å²) in [5, 5.41) is 10.8. The maximum atomic E-state index is 13.7. The third kappa shape index (κ3) is 2.96. The standard InChI is InChI=1S/C13H16F2N4/c1-3-16-12(13-8-17-18-19(13)2)7-9-10(14)5-4-6-11(9)15/h4-6,8,12,16H,3,7H2,1-2H3. The molecule has 2 rings (SSSR count). The molecule has 1 heterocycles. The minimum Gasteiger partial charge on any atom is -0.309 e. The lowest BCUT2D eigenvalue weighted by Gasteiger charge is -2.18. The van der Waals surface area contributed by atoms with Crippen molar-refractivity contribution >= 4 is 0 Å². The average Bonchev–Trinajstić information content (AvgIpc) is 2.79. The quantitative estimate of drug-likeness (QED) is 0.900. The Morgan fingerprint density at radius 1 is 1.32 bits per heavy atom. The smallest absolute Gasteiger partial charge is 0.129 e. The number of hydrogen-bond donors (Lipinski definition) is 1. The molecule has 0 bridgehead atoms. The molecule has 0 aliphatic carbocycles. The Hall–Kier alpha value is -1.82. The molecule has 6 heteroatoms. The van der Waals surface area contributed by atoms with Gasteiger partial charge in [0, 0.05) is 12.6 Å². The van der Waals surface area contributed by atoms with Crippen LogP contribution in [0.2, 0.25) is 0 Å². The summed E-state index contributed by atoms with van der Waals surface area (Å²) in [5.74, 6) is -1.06. The zero-order valence-corrected chi connectivity index (χ0v) is 10.9. The first-order chi connectivity index (χ1) is 9.13. The van der Waals surface area contributed by atoms with Gasteiger partial charge >= 0.3 is 0 Å². The second-order valence-electron chi connectivity index (χ2n) is 4.30. The van der Waals surface area contributed by atoms with Gasteiger partial charge in [-0.15, -0.1) is 5.10 Å². The third-order valence-electron chi connectivity index (χ3n) is 3.03. The maximum absolute atomic E-state index is 13.7. The normalized spacial score (nSPS) is 12.6. The van der Waals surface area contributed by atoms with Crippen molar-refractivity contribution in [2.24, 2.45) is 7.05 Å². The highest BCUT2D eigenvalue weighted by Crippen LogP contribution is 2.21. The molecule has 2 aromatic rings. The molecule has 1 N–H and O–H groups in total. The van der Waals surface area contributed by atoms with Gasteiger partial charge in [0.15, 0.2) is 0 Å². The largest absolute Gasteiger partial charge is 0.309 e. The molecule has 19 heavy (non-hydrogen) atoms. The lowest BCUT2D eigenvalue weighted by atomic mass is 10.0. The molecule has 1 unspecified atom stereocenters. The van der Waals surface area contributed by atoms with Crippen LogP contribution in [0.15, 0.2) is 24.4 Å². The highest BCUT2D eigenvalue weighted by molar-refractivity contribution is 5.22. The van der Waals surface area contributed by atoms with E-state index in [2.05, 4.69) is 15.6 Å². The number of hydrogen-bond acceptors (Lipinski definition) is 3. The van der Waals surface area contributed by atoms with Gasteiger partial charge in [-0.2, -0.15) is 0 Å². The monoisotopic (exact) mass is 266 g/mol. The summed E-state index contributed by atoms with van der Waals surface area (Å²) in [7, 11) is 1.75. The summed E-state index contributed by atoms with van der Waals surface area (Å²) in [6.07, 6.45) is 1.82. The van der Waals surface area contributed by atoms with E-state index in [1.54, 1.807) is 17.9 Å². The molecule has 0 amide bonds. The Bertz CT molecular complexity index is 533. The van der Waals surface area contributed by atoms with Gasteiger partial charge in [-0.1, -0.05) is 18.2 Å². The molecule has 0 spiro atoms. The van der Waals surface area contributed by atoms with Crippen LogP contribution in [-0.4, -0.2) is 21.5 Å². The van der Waals surface area contributed by atoms with E-state index in [9.17, 15) is 8.78 Å². The predicted molar refractivity (Wildman–Crippen MR) is 67.5 cm³/mol. The molecule has 0 radical (unpaired) electrons. The van der Waals surface area contributed by atoms with Crippen molar-refractivity contribution < 1.29 is 8.78 Å². The van der Waals surface area contributed by atoms with Crippen LogP contribution in [0.25, 0.3) is 0 Å². The first kappa shape index (κ1) is 13.6. The van der Waals surface area contributed by atoms with Crippen molar-refractivity contribution in [3.8, 4) is 0 Å². The van der Waals surface area contributed by atoms with Crippen LogP contribution in [0, 0.1) is 11.6 Å². The summed E-state index contributed by atoms with van der Waals surface area (Å²) in [5.41, 5.74) is 0.874. The zero-order valence-electron chi connectivity index (χ0n) is 10.9. The van der Waals surface area contributed by atoms with Gasteiger partial charge in [0.2, 0.25) is 0 Å². The van der Waals surface area contributed by atoms with E-state index in [1.807, 2.05) is 6.92 Å². The maximum Gasteiger partial charge on any atom is 0.129 e. The van der Waals surface area contributed by atoms with E-state index >= 15 is 0 Å². The lowest BCUT2D eigenvalue weighted by Crippen LogP contribution is -2.25. The van der Waals surface area contributed by atoms with Crippen molar-refractivity contribution in [1.82, 2.24) is 20.3 Å². The van der Waals surface area contributed by atoms with E-state index in [-0.39, 0.29) is 18.0 Å². The molecule has 0 saturated heterocycles. The van der Waals surface area contributed by atoms with E-state index in [4.69, 9.17) is 0 Å². The van der Waals surface area contributed by atoms with Gasteiger partial charge in [0.25, 0.3) is 0 Å². The van der Waals surface area contributed by atoms with Crippen molar-refractivity contribution in [2.45, 2.75) is 19.4 Å². The fourth-order valence-electron chi connectivity index (χ4n) is 2.07. The predicted octanol–water partition coefficient (Wildman–Crippen LogP) is 1.99. The van der Waals surface area contributed by atoms with Crippen LogP contribution in [0.5, 0.6) is 0 Å². The van der Waals surface area contributed by atoms with Gasteiger partial charge in [-0.05, 0) is 25.1 Å². The van der Waals surface area contributed by atoms with Gasteiger partial charge in [-0.25, -0.2) is 8.78 Å². The molecule has 0 saturated carbocycles. The van der Waals surface area contributed by atoms with Crippen molar-refractivity contribution in [1.29, 1.82) is 0 Å². The molecule has 1 aromatic heterocycles. The molecule has 0 aliphatic rings. The van der Waals surface area contributed by atoms with E-state index in [1.165, 1.54) is 18.2 Å². The van der Waals surface area contributed by atoms with Gasteiger partial charge in [0.1, 0.15) is 11.6 Å². The van der Waals surface area contributed by atoms with Crippen LogP contribution >= 0.6 is 0 Å². The first-order valence-corrected chi connectivity index (χ1v) is 6.14. The van der Waals surface area contributed by atoms with E-state index in [0.29, 0.717) is 6.54 Å². The number of aromatic nitrogens is 3. The Kier molecular flexibility index (Phi) is 4.21. The second-order valence-corrected chi connectivity index (χ2v) is 4.30. The summed E-state index contributed by atoms with van der Waals surface area (Å²) in [6.45, 7) is 2.63. The zero-order chi connectivity index (χ0) is 13.8. The van der Waals surface area contributed by atoms with E-state index in [0.717, 1.165) is 5.69 Å². The molecule has 1 aromatic carbocycles. The summed E-state index contributed by atoms with van der Waals surface area (Å²) >= 11 is 0. The number of nitrogens with one attached hydrogen (secondary N) is 1. The fourth-order valence-corrected chi connectivity index (χ4v) is 2.07. The molecule has 0 aliphatic heterocycles. The highest BCUT2D eigenvalue weighted by Gasteiger charge is 2.19. The van der Waals surface area contributed by atoms with Crippen LogP contribution in [0.3, 0.4) is 0 Å². The topological polar surface area (TPSA) is 42.7 Å². The van der Waals surface area contributed by atoms with Gasteiger partial charge < -0.3 is 5.32 Å². The summed E-state index contributed by atoms with van der Waals surface area (Å²) in [6, 6.07) is 3.67. The minimum atomic E-state index is -0.530. The van der Waals surface area contributed by atoms with E-state index < -0.39 is 11.6 Å². The molecule has 1 atom stereocenters. The Labute approximate surface area is 110 Å². The molecule has 4 nitrogen and oxygen atoms in total. The number of rotatable bonds is 5. The number of benzene rings is 1. The van der Waals surface area contributed by atoms with Gasteiger partial charge in [0.05, 0.1) is 17.9 Å². The van der Waals surface area contributed by atoms with Crippen LogP contribution < -0.4 is 5.32 Å². The number of halogens is 2. The van der Waals surface area contributed by atoms with Crippen LogP contribution in [0.4, 0.5) is 8.78 Å². The molecule has 0 fully saturated rings. The van der Waals surface area contributed by atoms with Crippen molar-refractivity contribution in [3.05, 3.63) is 47.3 Å². The first-order valence-electron chi connectivity index (χ1n) is 6.14. The fraction of sp³-hybridized carbons (Fsp3) is 0.385.